The van der Waals surface area contributed by atoms with Gasteiger partial charge in [0.2, 0.25) is 5.91 Å². The molecule has 0 spiro atoms. The van der Waals surface area contributed by atoms with Gasteiger partial charge in [-0.05, 0) is 44.0 Å². The van der Waals surface area contributed by atoms with Crippen LogP contribution in [0.3, 0.4) is 0 Å². The molecule has 2 rings (SSSR count). The summed E-state index contributed by atoms with van der Waals surface area (Å²) in [4.78, 5) is 28.0. The molecule has 1 aromatic heterocycles. The Bertz CT molecular complexity index is 768. The van der Waals surface area contributed by atoms with Crippen molar-refractivity contribution in [3.63, 3.8) is 0 Å². The van der Waals surface area contributed by atoms with E-state index in [1.54, 1.807) is 14.0 Å². The number of rotatable bonds is 4. The monoisotopic (exact) mass is 317 g/mol. The molecule has 1 heterocycles. The summed E-state index contributed by atoms with van der Waals surface area (Å²) in [5, 5.41) is 3.40. The average Bonchev–Trinajstić information content (AvgIpc) is 2.45. The van der Waals surface area contributed by atoms with Crippen LogP contribution in [-0.2, 0) is 11.8 Å². The maximum absolute atomic E-state index is 12.0. The van der Waals surface area contributed by atoms with Crippen LogP contribution in [0.1, 0.15) is 16.8 Å². The summed E-state index contributed by atoms with van der Waals surface area (Å²) in [5.41, 5.74) is 3.63. The number of hydrogen-bond acceptors (Lipinski definition) is 4. The van der Waals surface area contributed by atoms with Crippen molar-refractivity contribution < 1.29 is 4.79 Å². The van der Waals surface area contributed by atoms with E-state index in [9.17, 15) is 9.59 Å². The van der Waals surface area contributed by atoms with Gasteiger partial charge in [0.25, 0.3) is 5.56 Å². The van der Waals surface area contributed by atoms with E-state index in [1.165, 1.54) is 28.0 Å². The largest absolute Gasteiger partial charge is 0.325 e. The molecule has 0 saturated heterocycles. The average molecular weight is 317 g/mol. The number of aryl methyl sites for hydroxylation is 3. The van der Waals surface area contributed by atoms with Crippen molar-refractivity contribution in [2.45, 2.75) is 25.9 Å². The second-order valence-electron chi connectivity index (χ2n) is 5.21. The molecule has 0 unspecified atom stereocenters. The number of carbonyl (C=O) groups excluding carboxylic acids is 1. The Kier molecular flexibility index (Phi) is 5.03. The van der Waals surface area contributed by atoms with Gasteiger partial charge in [-0.2, -0.15) is 0 Å². The van der Waals surface area contributed by atoms with Crippen LogP contribution in [0.15, 0.2) is 34.2 Å². The molecule has 0 aliphatic heterocycles. The molecule has 2 aromatic rings. The van der Waals surface area contributed by atoms with Gasteiger partial charge in [0, 0.05) is 24.5 Å². The number of anilines is 1. The van der Waals surface area contributed by atoms with Crippen LogP contribution >= 0.6 is 11.8 Å². The van der Waals surface area contributed by atoms with Gasteiger partial charge in [0.15, 0.2) is 5.16 Å². The minimum Gasteiger partial charge on any atom is -0.325 e. The van der Waals surface area contributed by atoms with E-state index in [4.69, 9.17) is 0 Å². The van der Waals surface area contributed by atoms with Gasteiger partial charge >= 0.3 is 0 Å². The van der Waals surface area contributed by atoms with E-state index in [-0.39, 0.29) is 17.2 Å². The maximum Gasteiger partial charge on any atom is 0.254 e. The first-order valence-electron chi connectivity index (χ1n) is 6.91. The lowest BCUT2D eigenvalue weighted by Gasteiger charge is -2.09. The highest BCUT2D eigenvalue weighted by molar-refractivity contribution is 7.99. The van der Waals surface area contributed by atoms with Crippen molar-refractivity contribution in [2.24, 2.45) is 7.05 Å². The van der Waals surface area contributed by atoms with E-state index in [0.717, 1.165) is 11.3 Å². The molecule has 0 fully saturated rings. The molecule has 1 aromatic carbocycles. The van der Waals surface area contributed by atoms with Gasteiger partial charge < -0.3 is 5.32 Å². The Balaban J connectivity index is 2.01. The topological polar surface area (TPSA) is 64.0 Å². The van der Waals surface area contributed by atoms with E-state index in [1.807, 2.05) is 32.0 Å². The molecular formula is C16H19N3O2S. The van der Waals surface area contributed by atoms with Crippen LogP contribution in [-0.4, -0.2) is 21.2 Å². The molecule has 0 saturated carbocycles. The van der Waals surface area contributed by atoms with E-state index in [2.05, 4.69) is 10.3 Å². The third-order valence-corrected chi connectivity index (χ3v) is 4.37. The summed E-state index contributed by atoms with van der Waals surface area (Å²) >= 11 is 1.25. The first kappa shape index (κ1) is 16.3. The predicted molar refractivity (Wildman–Crippen MR) is 89.5 cm³/mol. The van der Waals surface area contributed by atoms with Gasteiger partial charge in [0.1, 0.15) is 0 Å². The van der Waals surface area contributed by atoms with Crippen molar-refractivity contribution >= 4 is 23.4 Å². The highest BCUT2D eigenvalue weighted by Gasteiger charge is 2.09. The molecule has 1 amide bonds. The number of nitrogens with zero attached hydrogens (tertiary/aromatic N) is 2. The third kappa shape index (κ3) is 3.98. The van der Waals surface area contributed by atoms with Crippen LogP contribution in [0.4, 0.5) is 5.69 Å². The van der Waals surface area contributed by atoms with Crippen molar-refractivity contribution in [1.29, 1.82) is 0 Å². The number of carbonyl (C=O) groups is 1. The molecule has 22 heavy (non-hydrogen) atoms. The van der Waals surface area contributed by atoms with Crippen molar-refractivity contribution in [3.05, 3.63) is 51.4 Å². The van der Waals surface area contributed by atoms with Crippen molar-refractivity contribution in [3.8, 4) is 0 Å². The SMILES string of the molecule is Cc1cc(=O)n(C)c(SCC(=O)Nc2ccc(C)c(C)c2)n1. The van der Waals surface area contributed by atoms with Crippen LogP contribution in [0, 0.1) is 20.8 Å². The molecule has 0 bridgehead atoms. The highest BCUT2D eigenvalue weighted by atomic mass is 32.2. The first-order valence-corrected chi connectivity index (χ1v) is 7.90. The summed E-state index contributed by atoms with van der Waals surface area (Å²) in [5.74, 6) is 0.0837. The zero-order valence-corrected chi connectivity index (χ0v) is 14.0. The normalized spacial score (nSPS) is 10.5. The van der Waals surface area contributed by atoms with Gasteiger partial charge in [0.05, 0.1) is 5.75 Å². The minimum absolute atomic E-state index is 0.121. The summed E-state index contributed by atoms with van der Waals surface area (Å²) < 4.78 is 1.45. The summed E-state index contributed by atoms with van der Waals surface area (Å²) in [6.07, 6.45) is 0. The number of benzene rings is 1. The van der Waals surface area contributed by atoms with Gasteiger partial charge in [-0.15, -0.1) is 0 Å². The predicted octanol–water partition coefficient (Wildman–Crippen LogP) is 2.44. The summed E-state index contributed by atoms with van der Waals surface area (Å²) in [6.45, 7) is 5.80. The molecule has 0 aliphatic carbocycles. The molecule has 1 N–H and O–H groups in total. The number of thioether (sulfide) groups is 1. The highest BCUT2D eigenvalue weighted by Crippen LogP contribution is 2.16. The molecule has 0 atom stereocenters. The Morgan fingerprint density at radius 2 is 1.95 bits per heavy atom. The summed E-state index contributed by atoms with van der Waals surface area (Å²) in [7, 11) is 1.65. The lowest BCUT2D eigenvalue weighted by molar-refractivity contribution is -0.113. The fourth-order valence-corrected chi connectivity index (χ4v) is 2.73. The van der Waals surface area contributed by atoms with E-state index in [0.29, 0.717) is 10.9 Å². The second-order valence-corrected chi connectivity index (χ2v) is 6.16. The second kappa shape index (κ2) is 6.79. The Morgan fingerprint density at radius 1 is 1.23 bits per heavy atom. The van der Waals surface area contributed by atoms with Crippen LogP contribution in [0.5, 0.6) is 0 Å². The number of nitrogens with one attached hydrogen (secondary N) is 1. The number of amides is 1. The fourth-order valence-electron chi connectivity index (χ4n) is 1.90. The maximum atomic E-state index is 12.0. The lowest BCUT2D eigenvalue weighted by Crippen LogP contribution is -2.21. The van der Waals surface area contributed by atoms with Gasteiger partial charge in [-0.1, -0.05) is 17.8 Å². The standard InChI is InChI=1S/C16H19N3O2S/c1-10-5-6-13(7-11(10)2)18-14(20)9-22-16-17-12(3)8-15(21)19(16)4/h5-8H,9H2,1-4H3,(H,18,20). The molecule has 116 valence electrons. The zero-order valence-electron chi connectivity index (χ0n) is 13.1. The summed E-state index contributed by atoms with van der Waals surface area (Å²) in [6, 6.07) is 7.27. The number of hydrogen-bond donors (Lipinski definition) is 1. The zero-order chi connectivity index (χ0) is 16.3. The number of aromatic nitrogens is 2. The van der Waals surface area contributed by atoms with E-state index >= 15 is 0 Å². The quantitative estimate of drug-likeness (QED) is 0.695. The Morgan fingerprint density at radius 3 is 2.64 bits per heavy atom. The van der Waals surface area contributed by atoms with E-state index < -0.39 is 0 Å². The molecule has 0 aliphatic rings. The fraction of sp³-hybridized carbons (Fsp3) is 0.312. The van der Waals surface area contributed by atoms with Crippen LogP contribution in [0.2, 0.25) is 0 Å². The lowest BCUT2D eigenvalue weighted by atomic mass is 10.1. The minimum atomic E-state index is -0.121. The van der Waals surface area contributed by atoms with Crippen LogP contribution in [0.25, 0.3) is 0 Å². The van der Waals surface area contributed by atoms with Crippen molar-refractivity contribution in [1.82, 2.24) is 9.55 Å². The Labute approximate surface area is 133 Å². The van der Waals surface area contributed by atoms with Crippen LogP contribution < -0.4 is 10.9 Å². The smallest absolute Gasteiger partial charge is 0.254 e. The van der Waals surface area contributed by atoms with Gasteiger partial charge in [-0.25, -0.2) is 4.98 Å². The molecule has 0 radical (unpaired) electrons. The first-order chi connectivity index (χ1) is 10.4. The van der Waals surface area contributed by atoms with Crippen molar-refractivity contribution in [2.75, 3.05) is 11.1 Å². The molecular weight excluding hydrogens is 298 g/mol. The van der Waals surface area contributed by atoms with Gasteiger partial charge in [-0.3, -0.25) is 14.2 Å². The third-order valence-electron chi connectivity index (χ3n) is 3.34. The molecule has 6 heteroatoms. The Hall–Kier alpha value is -2.08. The molecule has 5 nitrogen and oxygen atoms in total.